The highest BCUT2D eigenvalue weighted by atomic mass is 127. The topological polar surface area (TPSA) is 46.6 Å². The van der Waals surface area contributed by atoms with Gasteiger partial charge in [0.25, 0.3) is 11.1 Å². The second-order valence-corrected chi connectivity index (χ2v) is 11.0. The highest BCUT2D eigenvalue weighted by molar-refractivity contribution is 14.1. The minimum Gasteiger partial charge on any atom is -0.488 e. The van der Waals surface area contributed by atoms with E-state index < -0.39 is 0 Å². The van der Waals surface area contributed by atoms with Crippen molar-refractivity contribution in [3.8, 4) is 5.75 Å². The maximum atomic E-state index is 12.8. The van der Waals surface area contributed by atoms with Crippen LogP contribution in [0.15, 0.2) is 80.6 Å². The van der Waals surface area contributed by atoms with Crippen LogP contribution < -0.4 is 4.74 Å². The van der Waals surface area contributed by atoms with Gasteiger partial charge in [0.2, 0.25) is 0 Å². The van der Waals surface area contributed by atoms with Gasteiger partial charge in [0, 0.05) is 8.95 Å². The zero-order chi connectivity index (χ0) is 22.7. The number of hydrogen-bond donors (Lipinski definition) is 0. The summed E-state index contributed by atoms with van der Waals surface area (Å²) in [7, 11) is 0. The molecule has 4 nitrogen and oxygen atoms in total. The molecule has 1 fully saturated rings. The van der Waals surface area contributed by atoms with Crippen molar-refractivity contribution in [2.45, 2.75) is 13.2 Å². The van der Waals surface area contributed by atoms with E-state index >= 15 is 0 Å². The summed E-state index contributed by atoms with van der Waals surface area (Å²) in [5, 5.41) is -0.256. The molecule has 0 N–H and O–H groups in total. The molecule has 0 atom stereocenters. The minimum absolute atomic E-state index is 0.256. The Balaban J connectivity index is 1.44. The lowest BCUT2D eigenvalue weighted by atomic mass is 10.2. The van der Waals surface area contributed by atoms with Crippen molar-refractivity contribution in [3.63, 3.8) is 0 Å². The van der Waals surface area contributed by atoms with Crippen LogP contribution >= 0.6 is 66.2 Å². The largest absolute Gasteiger partial charge is 0.488 e. The molecule has 1 aliphatic heterocycles. The van der Waals surface area contributed by atoms with E-state index in [1.54, 1.807) is 6.08 Å². The predicted molar refractivity (Wildman–Crippen MR) is 143 cm³/mol. The van der Waals surface area contributed by atoms with Gasteiger partial charge in [-0.3, -0.25) is 14.5 Å². The van der Waals surface area contributed by atoms with Crippen LogP contribution in [0.25, 0.3) is 6.08 Å². The van der Waals surface area contributed by atoms with Crippen LogP contribution in [0.2, 0.25) is 0 Å². The van der Waals surface area contributed by atoms with E-state index in [-0.39, 0.29) is 17.7 Å². The van der Waals surface area contributed by atoms with Gasteiger partial charge < -0.3 is 4.74 Å². The first kappa shape index (κ1) is 23.5. The van der Waals surface area contributed by atoms with E-state index in [2.05, 4.69) is 54.5 Å². The number of thioether (sulfide) groups is 1. The Kier molecular flexibility index (Phi) is 7.75. The lowest BCUT2D eigenvalue weighted by Crippen LogP contribution is -2.27. The summed E-state index contributed by atoms with van der Waals surface area (Å²) in [6.07, 6.45) is 1.76. The van der Waals surface area contributed by atoms with Gasteiger partial charge in [-0.1, -0.05) is 62.2 Å². The van der Waals surface area contributed by atoms with Crippen LogP contribution in [0.1, 0.15) is 16.7 Å². The molecule has 0 aliphatic carbocycles. The first-order valence-corrected chi connectivity index (χ1v) is 13.0. The Morgan fingerprint density at radius 2 is 1.53 bits per heavy atom. The summed E-state index contributed by atoms with van der Waals surface area (Å²) in [6.45, 7) is 0.729. The molecule has 1 heterocycles. The maximum Gasteiger partial charge on any atom is 0.293 e. The third-order valence-corrected chi connectivity index (χ3v) is 7.50. The lowest BCUT2D eigenvalue weighted by Gasteiger charge is -2.12. The highest BCUT2D eigenvalue weighted by Gasteiger charge is 2.35. The normalized spacial score (nSPS) is 15.0. The zero-order valence-electron chi connectivity index (χ0n) is 16.6. The summed E-state index contributed by atoms with van der Waals surface area (Å²) in [5.41, 5.74) is 2.82. The predicted octanol–water partition coefficient (Wildman–Crippen LogP) is 7.63. The molecule has 32 heavy (non-hydrogen) atoms. The number of carbonyl (C=O) groups excluding carboxylic acids is 2. The number of hydrogen-bond acceptors (Lipinski definition) is 4. The molecule has 0 unspecified atom stereocenters. The molecule has 1 aliphatic rings. The molecular weight excluding hydrogens is 669 g/mol. The first-order valence-electron chi connectivity index (χ1n) is 9.55. The highest BCUT2D eigenvalue weighted by Crippen LogP contribution is 2.34. The molecule has 4 rings (SSSR count). The molecule has 0 radical (unpaired) electrons. The zero-order valence-corrected chi connectivity index (χ0v) is 22.7. The molecule has 8 heteroatoms. The van der Waals surface area contributed by atoms with Crippen molar-refractivity contribution in [1.29, 1.82) is 0 Å². The number of imide groups is 1. The van der Waals surface area contributed by atoms with Crippen LogP contribution in [0, 0.1) is 3.57 Å². The van der Waals surface area contributed by atoms with Gasteiger partial charge in [0.05, 0.1) is 15.0 Å². The van der Waals surface area contributed by atoms with E-state index in [1.807, 2.05) is 66.7 Å². The van der Waals surface area contributed by atoms with Crippen molar-refractivity contribution in [2.75, 3.05) is 0 Å². The summed E-state index contributed by atoms with van der Waals surface area (Å²) in [5.74, 6) is 0.502. The van der Waals surface area contributed by atoms with Gasteiger partial charge in [-0.15, -0.1) is 0 Å². The second kappa shape index (κ2) is 10.5. The van der Waals surface area contributed by atoms with E-state index in [9.17, 15) is 9.59 Å². The van der Waals surface area contributed by atoms with Crippen molar-refractivity contribution in [2.24, 2.45) is 0 Å². The minimum atomic E-state index is -0.270. The SMILES string of the molecule is O=C1S/C(=C\c2ccc(OCc3ccc(Br)cc3)c(I)c2)C(=O)N1Cc1ccc(Br)cc1. The van der Waals surface area contributed by atoms with Crippen molar-refractivity contribution >= 4 is 83.4 Å². The van der Waals surface area contributed by atoms with Gasteiger partial charge in [-0.05, 0) is 93.5 Å². The fraction of sp³-hybridized carbons (Fsp3) is 0.0833. The van der Waals surface area contributed by atoms with E-state index in [0.717, 1.165) is 46.7 Å². The van der Waals surface area contributed by atoms with E-state index in [0.29, 0.717) is 11.5 Å². The molecule has 2 amide bonds. The van der Waals surface area contributed by atoms with Gasteiger partial charge in [-0.2, -0.15) is 0 Å². The van der Waals surface area contributed by atoms with Crippen molar-refractivity contribution < 1.29 is 14.3 Å². The average Bonchev–Trinajstić information content (AvgIpc) is 3.03. The average molecular weight is 685 g/mol. The Morgan fingerprint density at radius 1 is 0.906 bits per heavy atom. The molecule has 3 aromatic carbocycles. The van der Waals surface area contributed by atoms with Gasteiger partial charge in [0.1, 0.15) is 12.4 Å². The number of amides is 2. The summed E-state index contributed by atoms with van der Waals surface area (Å²) < 4.78 is 8.85. The molecule has 3 aromatic rings. The van der Waals surface area contributed by atoms with Gasteiger partial charge >= 0.3 is 0 Å². The fourth-order valence-corrected chi connectivity index (χ4v) is 5.09. The van der Waals surface area contributed by atoms with Gasteiger partial charge in [-0.25, -0.2) is 0 Å². The molecule has 0 saturated carbocycles. The summed E-state index contributed by atoms with van der Waals surface area (Å²) in [4.78, 5) is 26.9. The Labute approximate surface area is 220 Å². The Hall–Kier alpha value is -1.62. The Morgan fingerprint density at radius 3 is 2.16 bits per heavy atom. The van der Waals surface area contributed by atoms with Crippen LogP contribution in [0.4, 0.5) is 4.79 Å². The number of halogens is 3. The quantitative estimate of drug-likeness (QED) is 0.198. The second-order valence-electron chi connectivity index (χ2n) is 7.00. The number of carbonyl (C=O) groups is 2. The third-order valence-electron chi connectivity index (χ3n) is 4.69. The standard InChI is InChI=1S/C24H16Br2INO3S/c25-18-6-1-15(2-7-18)13-28-23(29)22(32-24(28)30)12-17-5-10-21(20(27)11-17)31-14-16-3-8-19(26)9-4-16/h1-12H,13-14H2/b22-12-. The lowest BCUT2D eigenvalue weighted by molar-refractivity contribution is -0.123. The summed E-state index contributed by atoms with van der Waals surface area (Å²) in [6, 6.07) is 21.3. The smallest absolute Gasteiger partial charge is 0.293 e. The molecular formula is C24H16Br2INO3S. The molecule has 0 aromatic heterocycles. The monoisotopic (exact) mass is 683 g/mol. The maximum absolute atomic E-state index is 12.8. The van der Waals surface area contributed by atoms with Crippen LogP contribution in [-0.4, -0.2) is 16.0 Å². The van der Waals surface area contributed by atoms with Crippen molar-refractivity contribution in [3.05, 3.63) is 101 Å². The fourth-order valence-electron chi connectivity index (χ4n) is 3.03. The van der Waals surface area contributed by atoms with Gasteiger partial charge in [0.15, 0.2) is 0 Å². The molecule has 0 spiro atoms. The van der Waals surface area contributed by atoms with E-state index in [4.69, 9.17) is 4.74 Å². The molecule has 0 bridgehead atoms. The van der Waals surface area contributed by atoms with Crippen molar-refractivity contribution in [1.82, 2.24) is 4.90 Å². The number of rotatable bonds is 6. The van der Waals surface area contributed by atoms with Crippen LogP contribution in [-0.2, 0) is 17.9 Å². The summed E-state index contributed by atoms with van der Waals surface area (Å²) >= 11 is 10.0. The van der Waals surface area contributed by atoms with Crippen LogP contribution in [0.5, 0.6) is 5.75 Å². The van der Waals surface area contributed by atoms with E-state index in [1.165, 1.54) is 4.90 Å². The third kappa shape index (κ3) is 5.84. The number of ether oxygens (including phenoxy) is 1. The number of benzene rings is 3. The molecule has 162 valence electrons. The Bertz CT molecular complexity index is 1200. The van der Waals surface area contributed by atoms with Crippen LogP contribution in [0.3, 0.4) is 0 Å². The molecule has 1 saturated heterocycles. The number of nitrogens with zero attached hydrogens (tertiary/aromatic N) is 1. The first-order chi connectivity index (χ1) is 15.4.